The molecule has 0 aliphatic heterocycles. The maximum atomic E-state index is 4.27. The van der Waals surface area contributed by atoms with Gasteiger partial charge >= 0.3 is 0 Å². The normalized spacial score (nSPS) is 13.1. The lowest BCUT2D eigenvalue weighted by atomic mass is 10.3. The van der Waals surface area contributed by atoms with E-state index in [0.29, 0.717) is 6.04 Å². The highest BCUT2D eigenvalue weighted by Gasteiger charge is 2.05. The molecule has 0 aliphatic carbocycles. The van der Waals surface area contributed by atoms with Crippen molar-refractivity contribution < 1.29 is 0 Å². The van der Waals surface area contributed by atoms with Crippen LogP contribution in [0.25, 0.3) is 0 Å². The summed E-state index contributed by atoms with van der Waals surface area (Å²) in [5, 5.41) is 6.66. The van der Waals surface area contributed by atoms with Gasteiger partial charge in [-0.05, 0) is 31.9 Å². The summed E-state index contributed by atoms with van der Waals surface area (Å²) in [5.74, 6) is 1.23. The van der Waals surface area contributed by atoms with Gasteiger partial charge in [0.05, 0.1) is 6.04 Å². The monoisotopic (exact) mass is 216 g/mol. The number of rotatable bonds is 6. The van der Waals surface area contributed by atoms with E-state index in [9.17, 15) is 0 Å². The molecule has 0 radical (unpaired) electrons. The Labute approximate surface area is 88.2 Å². The van der Waals surface area contributed by atoms with Crippen LogP contribution < -0.4 is 5.32 Å². The average Bonchev–Trinajstić information content (AvgIpc) is 2.65. The molecule has 13 heavy (non-hydrogen) atoms. The zero-order chi connectivity index (χ0) is 9.52. The SMILES string of the molecule is CSCCCNC(C)c1nccs1. The van der Waals surface area contributed by atoms with Gasteiger partial charge < -0.3 is 5.32 Å². The van der Waals surface area contributed by atoms with E-state index in [-0.39, 0.29) is 0 Å². The first kappa shape index (κ1) is 11.0. The van der Waals surface area contributed by atoms with Crippen molar-refractivity contribution in [2.75, 3.05) is 18.6 Å². The molecule has 0 amide bonds. The molecular weight excluding hydrogens is 200 g/mol. The van der Waals surface area contributed by atoms with Gasteiger partial charge in [-0.3, -0.25) is 0 Å². The average molecular weight is 216 g/mol. The lowest BCUT2D eigenvalue weighted by Crippen LogP contribution is -2.20. The molecule has 4 heteroatoms. The third-order valence-electron chi connectivity index (χ3n) is 1.80. The van der Waals surface area contributed by atoms with E-state index >= 15 is 0 Å². The van der Waals surface area contributed by atoms with Crippen LogP contribution in [0.5, 0.6) is 0 Å². The molecule has 1 aromatic rings. The quantitative estimate of drug-likeness (QED) is 0.740. The van der Waals surface area contributed by atoms with E-state index in [1.54, 1.807) is 11.3 Å². The number of nitrogens with one attached hydrogen (secondary N) is 1. The topological polar surface area (TPSA) is 24.9 Å². The van der Waals surface area contributed by atoms with Crippen molar-refractivity contribution in [2.45, 2.75) is 19.4 Å². The highest BCUT2D eigenvalue weighted by atomic mass is 32.2. The molecule has 0 bridgehead atoms. The molecule has 0 spiro atoms. The van der Waals surface area contributed by atoms with Crippen molar-refractivity contribution >= 4 is 23.1 Å². The minimum absolute atomic E-state index is 0.404. The smallest absolute Gasteiger partial charge is 0.109 e. The summed E-state index contributed by atoms with van der Waals surface area (Å²) in [6, 6.07) is 0.404. The Morgan fingerprint density at radius 2 is 2.54 bits per heavy atom. The van der Waals surface area contributed by atoms with Crippen LogP contribution in [0.1, 0.15) is 24.4 Å². The molecule has 1 N–H and O–H groups in total. The van der Waals surface area contributed by atoms with Gasteiger partial charge in [0.25, 0.3) is 0 Å². The fourth-order valence-electron chi connectivity index (χ4n) is 1.07. The third-order valence-corrected chi connectivity index (χ3v) is 3.45. The molecule has 2 nitrogen and oxygen atoms in total. The van der Waals surface area contributed by atoms with Crippen molar-refractivity contribution in [3.8, 4) is 0 Å². The Morgan fingerprint density at radius 3 is 3.15 bits per heavy atom. The van der Waals surface area contributed by atoms with Crippen LogP contribution in [0.3, 0.4) is 0 Å². The van der Waals surface area contributed by atoms with E-state index in [1.165, 1.54) is 17.2 Å². The molecule has 74 valence electrons. The van der Waals surface area contributed by atoms with Gasteiger partial charge in [0.1, 0.15) is 5.01 Å². The first-order valence-corrected chi connectivity index (χ1v) is 6.73. The summed E-state index contributed by atoms with van der Waals surface area (Å²) < 4.78 is 0. The minimum Gasteiger partial charge on any atom is -0.308 e. The summed E-state index contributed by atoms with van der Waals surface area (Å²) >= 11 is 3.61. The molecule has 1 heterocycles. The maximum Gasteiger partial charge on any atom is 0.109 e. The van der Waals surface area contributed by atoms with E-state index in [1.807, 2.05) is 23.3 Å². The van der Waals surface area contributed by atoms with Gasteiger partial charge in [-0.2, -0.15) is 11.8 Å². The second-order valence-corrected chi connectivity index (χ2v) is 4.80. The summed E-state index contributed by atoms with van der Waals surface area (Å²) in [5.41, 5.74) is 0. The Kier molecular flexibility index (Phi) is 5.43. The fourth-order valence-corrected chi connectivity index (χ4v) is 2.17. The summed E-state index contributed by atoms with van der Waals surface area (Å²) in [7, 11) is 0. The van der Waals surface area contributed by atoms with Crippen LogP contribution in [0.15, 0.2) is 11.6 Å². The Bertz CT molecular complexity index is 211. The standard InChI is InChI=1S/C9H16N2S2/c1-8(9-11-5-7-13-9)10-4-3-6-12-2/h5,7-8,10H,3-4,6H2,1-2H3. The Morgan fingerprint density at radius 1 is 1.69 bits per heavy atom. The predicted molar refractivity (Wildman–Crippen MR) is 61.5 cm³/mol. The second-order valence-electron chi connectivity index (χ2n) is 2.89. The largest absolute Gasteiger partial charge is 0.308 e. The molecular formula is C9H16N2S2. The van der Waals surface area contributed by atoms with E-state index in [2.05, 4.69) is 23.5 Å². The van der Waals surface area contributed by atoms with Crippen molar-refractivity contribution in [1.82, 2.24) is 10.3 Å². The number of nitrogens with zero attached hydrogens (tertiary/aromatic N) is 1. The highest BCUT2D eigenvalue weighted by molar-refractivity contribution is 7.98. The summed E-state index contributed by atoms with van der Waals surface area (Å²) in [6.45, 7) is 3.25. The zero-order valence-corrected chi connectivity index (χ0v) is 9.75. The lowest BCUT2D eigenvalue weighted by Gasteiger charge is -2.09. The van der Waals surface area contributed by atoms with Crippen LogP contribution in [-0.4, -0.2) is 23.5 Å². The van der Waals surface area contributed by atoms with E-state index < -0.39 is 0 Å². The van der Waals surface area contributed by atoms with Crippen LogP contribution in [-0.2, 0) is 0 Å². The predicted octanol–water partition coefficient (Wildman–Crippen LogP) is 2.55. The molecule has 1 unspecified atom stereocenters. The third kappa shape index (κ3) is 4.11. The van der Waals surface area contributed by atoms with Crippen LogP contribution in [0.4, 0.5) is 0 Å². The molecule has 0 fully saturated rings. The van der Waals surface area contributed by atoms with Gasteiger partial charge in [-0.25, -0.2) is 4.98 Å². The minimum atomic E-state index is 0.404. The van der Waals surface area contributed by atoms with Crippen molar-refractivity contribution in [3.63, 3.8) is 0 Å². The van der Waals surface area contributed by atoms with Gasteiger partial charge in [0.2, 0.25) is 0 Å². The Balaban J connectivity index is 2.15. The molecule has 1 rings (SSSR count). The van der Waals surface area contributed by atoms with Crippen molar-refractivity contribution in [3.05, 3.63) is 16.6 Å². The van der Waals surface area contributed by atoms with Gasteiger partial charge in [0, 0.05) is 11.6 Å². The first-order chi connectivity index (χ1) is 6.34. The highest BCUT2D eigenvalue weighted by Crippen LogP contribution is 2.14. The maximum absolute atomic E-state index is 4.27. The van der Waals surface area contributed by atoms with Crippen LogP contribution in [0.2, 0.25) is 0 Å². The Hall–Kier alpha value is -0.0600. The van der Waals surface area contributed by atoms with E-state index in [4.69, 9.17) is 0 Å². The molecule has 0 saturated carbocycles. The van der Waals surface area contributed by atoms with Crippen molar-refractivity contribution in [1.29, 1.82) is 0 Å². The van der Waals surface area contributed by atoms with E-state index in [0.717, 1.165) is 6.54 Å². The number of hydrogen-bond donors (Lipinski definition) is 1. The number of aromatic nitrogens is 1. The zero-order valence-electron chi connectivity index (χ0n) is 8.12. The molecule has 0 saturated heterocycles. The first-order valence-electron chi connectivity index (χ1n) is 4.46. The number of hydrogen-bond acceptors (Lipinski definition) is 4. The second kappa shape index (κ2) is 6.40. The summed E-state index contributed by atoms with van der Waals surface area (Å²) in [6.07, 6.45) is 5.24. The number of thiazole rings is 1. The molecule has 0 aliphatic rings. The molecule has 1 atom stereocenters. The summed E-state index contributed by atoms with van der Waals surface area (Å²) in [4.78, 5) is 4.27. The van der Waals surface area contributed by atoms with Gasteiger partial charge in [0.15, 0.2) is 0 Å². The molecule has 1 aromatic heterocycles. The van der Waals surface area contributed by atoms with Gasteiger partial charge in [-0.15, -0.1) is 11.3 Å². The van der Waals surface area contributed by atoms with Crippen LogP contribution in [0, 0.1) is 0 Å². The lowest BCUT2D eigenvalue weighted by molar-refractivity contribution is 0.570. The van der Waals surface area contributed by atoms with Gasteiger partial charge in [-0.1, -0.05) is 0 Å². The van der Waals surface area contributed by atoms with Crippen molar-refractivity contribution in [2.24, 2.45) is 0 Å². The fraction of sp³-hybridized carbons (Fsp3) is 0.667. The van der Waals surface area contributed by atoms with Crippen LogP contribution >= 0.6 is 23.1 Å². The molecule has 0 aromatic carbocycles. The number of thioether (sulfide) groups is 1.